The van der Waals surface area contributed by atoms with Gasteiger partial charge in [-0.2, -0.15) is 4.80 Å². The van der Waals surface area contributed by atoms with Crippen LogP contribution in [0.3, 0.4) is 0 Å². The lowest BCUT2D eigenvalue weighted by molar-refractivity contribution is -0.132. The summed E-state index contributed by atoms with van der Waals surface area (Å²) in [4.78, 5) is 16.9. The van der Waals surface area contributed by atoms with Gasteiger partial charge in [-0.3, -0.25) is 9.69 Å². The molecule has 1 aromatic rings. The standard InChI is InChI=1S/C12H22N6O3/c1-16(2)11(19)9-17-4-7-21-10(8-17)12-13-15-18(14-12)5-6-20-3/h10H,4-9H2,1-3H3. The van der Waals surface area contributed by atoms with Crippen molar-refractivity contribution in [3.05, 3.63) is 5.82 Å². The molecule has 0 spiro atoms. The molecule has 0 aliphatic carbocycles. The van der Waals surface area contributed by atoms with Crippen molar-refractivity contribution in [3.8, 4) is 0 Å². The Balaban J connectivity index is 1.91. The van der Waals surface area contributed by atoms with Crippen molar-refractivity contribution in [2.24, 2.45) is 0 Å². The second kappa shape index (κ2) is 7.43. The number of morpholine rings is 1. The highest BCUT2D eigenvalue weighted by Gasteiger charge is 2.27. The van der Waals surface area contributed by atoms with Crippen molar-refractivity contribution in [2.45, 2.75) is 12.6 Å². The van der Waals surface area contributed by atoms with Crippen LogP contribution in [-0.4, -0.2) is 90.0 Å². The Hall–Kier alpha value is -1.58. The van der Waals surface area contributed by atoms with E-state index in [4.69, 9.17) is 9.47 Å². The van der Waals surface area contributed by atoms with E-state index in [0.717, 1.165) is 6.54 Å². The average Bonchev–Trinajstić information content (AvgIpc) is 2.94. The molecule has 1 aromatic heterocycles. The summed E-state index contributed by atoms with van der Waals surface area (Å²) in [6.07, 6.45) is -0.245. The third-order valence-electron chi connectivity index (χ3n) is 3.26. The van der Waals surface area contributed by atoms with E-state index in [1.54, 1.807) is 26.1 Å². The fraction of sp³-hybridized carbons (Fsp3) is 0.833. The van der Waals surface area contributed by atoms with Crippen LogP contribution in [0.4, 0.5) is 0 Å². The number of amides is 1. The highest BCUT2D eigenvalue weighted by molar-refractivity contribution is 5.77. The smallest absolute Gasteiger partial charge is 0.236 e. The molecule has 2 heterocycles. The van der Waals surface area contributed by atoms with Crippen LogP contribution in [0.1, 0.15) is 11.9 Å². The first-order valence-corrected chi connectivity index (χ1v) is 6.91. The molecule has 118 valence electrons. The maximum atomic E-state index is 11.8. The van der Waals surface area contributed by atoms with Gasteiger partial charge in [-0.25, -0.2) is 0 Å². The van der Waals surface area contributed by atoms with Crippen LogP contribution in [0, 0.1) is 0 Å². The topological polar surface area (TPSA) is 85.6 Å². The molecule has 1 aliphatic heterocycles. The highest BCUT2D eigenvalue weighted by atomic mass is 16.5. The number of hydrogen-bond acceptors (Lipinski definition) is 7. The van der Waals surface area contributed by atoms with Gasteiger partial charge >= 0.3 is 0 Å². The molecule has 1 saturated heterocycles. The van der Waals surface area contributed by atoms with Crippen molar-refractivity contribution in [1.29, 1.82) is 0 Å². The summed E-state index contributed by atoms with van der Waals surface area (Å²) in [6.45, 7) is 3.34. The second-order valence-corrected chi connectivity index (χ2v) is 5.12. The minimum absolute atomic E-state index is 0.0763. The van der Waals surface area contributed by atoms with Gasteiger partial charge in [0.15, 0.2) is 0 Å². The fourth-order valence-electron chi connectivity index (χ4n) is 1.99. The molecule has 0 aromatic carbocycles. The fourth-order valence-corrected chi connectivity index (χ4v) is 1.99. The molecule has 1 unspecified atom stereocenters. The zero-order valence-corrected chi connectivity index (χ0v) is 12.7. The lowest BCUT2D eigenvalue weighted by Gasteiger charge is -2.31. The molecule has 0 saturated carbocycles. The largest absolute Gasteiger partial charge is 0.383 e. The van der Waals surface area contributed by atoms with Gasteiger partial charge in [-0.1, -0.05) is 0 Å². The van der Waals surface area contributed by atoms with E-state index in [0.29, 0.717) is 38.7 Å². The van der Waals surface area contributed by atoms with Gasteiger partial charge in [-0.05, 0) is 5.21 Å². The van der Waals surface area contributed by atoms with Crippen molar-refractivity contribution in [1.82, 2.24) is 30.0 Å². The molecule has 21 heavy (non-hydrogen) atoms. The summed E-state index contributed by atoms with van der Waals surface area (Å²) in [6, 6.07) is 0. The van der Waals surface area contributed by atoms with E-state index < -0.39 is 0 Å². The zero-order valence-electron chi connectivity index (χ0n) is 12.7. The Bertz CT molecular complexity index is 464. The molecule has 1 aliphatic rings. The number of aromatic nitrogens is 4. The molecule has 9 heteroatoms. The summed E-state index contributed by atoms with van der Waals surface area (Å²) in [5.41, 5.74) is 0. The Labute approximate surface area is 123 Å². The van der Waals surface area contributed by atoms with Crippen LogP contribution in [0.5, 0.6) is 0 Å². The predicted octanol–water partition coefficient (Wildman–Crippen LogP) is -1.22. The first-order chi connectivity index (χ1) is 10.1. The summed E-state index contributed by atoms with van der Waals surface area (Å²) < 4.78 is 10.7. The molecule has 9 nitrogen and oxygen atoms in total. The van der Waals surface area contributed by atoms with Gasteiger partial charge in [0.25, 0.3) is 0 Å². The van der Waals surface area contributed by atoms with E-state index in [2.05, 4.69) is 15.4 Å². The Kier molecular flexibility index (Phi) is 5.59. The van der Waals surface area contributed by atoms with Crippen LogP contribution < -0.4 is 0 Å². The normalized spacial score (nSPS) is 19.7. The number of carbonyl (C=O) groups is 1. The number of ether oxygens (including phenoxy) is 2. The summed E-state index contributed by atoms with van der Waals surface area (Å²) >= 11 is 0. The molecule has 1 amide bonds. The van der Waals surface area contributed by atoms with Gasteiger partial charge in [0.05, 0.1) is 26.3 Å². The van der Waals surface area contributed by atoms with Crippen LogP contribution >= 0.6 is 0 Å². The second-order valence-electron chi connectivity index (χ2n) is 5.12. The molecule has 0 N–H and O–H groups in total. The molecule has 1 atom stereocenters. The van der Waals surface area contributed by atoms with Crippen LogP contribution in [-0.2, 0) is 20.8 Å². The number of hydrogen-bond donors (Lipinski definition) is 0. The van der Waals surface area contributed by atoms with Crippen LogP contribution in [0.25, 0.3) is 0 Å². The number of carbonyl (C=O) groups excluding carboxylic acids is 1. The van der Waals surface area contributed by atoms with Gasteiger partial charge in [0, 0.05) is 34.3 Å². The maximum Gasteiger partial charge on any atom is 0.236 e. The lowest BCUT2D eigenvalue weighted by Crippen LogP contribution is -2.44. The maximum absolute atomic E-state index is 11.8. The molecule has 1 fully saturated rings. The minimum atomic E-state index is -0.245. The van der Waals surface area contributed by atoms with Crippen molar-refractivity contribution < 1.29 is 14.3 Å². The molecule has 2 rings (SSSR count). The van der Waals surface area contributed by atoms with E-state index in [-0.39, 0.29) is 12.0 Å². The van der Waals surface area contributed by atoms with Crippen molar-refractivity contribution in [3.63, 3.8) is 0 Å². The predicted molar refractivity (Wildman–Crippen MR) is 73.5 cm³/mol. The summed E-state index contributed by atoms with van der Waals surface area (Å²) in [7, 11) is 5.13. The number of nitrogens with zero attached hydrogens (tertiary/aromatic N) is 6. The Morgan fingerprint density at radius 1 is 1.52 bits per heavy atom. The van der Waals surface area contributed by atoms with E-state index >= 15 is 0 Å². The Morgan fingerprint density at radius 3 is 3.05 bits per heavy atom. The summed E-state index contributed by atoms with van der Waals surface area (Å²) in [5, 5.41) is 12.3. The summed E-state index contributed by atoms with van der Waals surface area (Å²) in [5.74, 6) is 0.625. The average molecular weight is 298 g/mol. The quantitative estimate of drug-likeness (QED) is 0.651. The number of methoxy groups -OCH3 is 1. The minimum Gasteiger partial charge on any atom is -0.383 e. The van der Waals surface area contributed by atoms with Crippen molar-refractivity contribution >= 4 is 5.91 Å². The third-order valence-corrected chi connectivity index (χ3v) is 3.26. The highest BCUT2D eigenvalue weighted by Crippen LogP contribution is 2.18. The number of rotatable bonds is 6. The Morgan fingerprint density at radius 2 is 2.33 bits per heavy atom. The first kappa shape index (κ1) is 15.8. The van der Waals surface area contributed by atoms with Crippen LogP contribution in [0.2, 0.25) is 0 Å². The van der Waals surface area contributed by atoms with Crippen LogP contribution in [0.15, 0.2) is 0 Å². The van der Waals surface area contributed by atoms with E-state index in [9.17, 15) is 4.79 Å². The SMILES string of the molecule is COCCn1nnc(C2CN(CC(=O)N(C)C)CCO2)n1. The van der Waals surface area contributed by atoms with Crippen molar-refractivity contribution in [2.75, 3.05) is 54.1 Å². The first-order valence-electron chi connectivity index (χ1n) is 6.91. The zero-order chi connectivity index (χ0) is 15.2. The van der Waals surface area contributed by atoms with E-state index in [1.165, 1.54) is 4.80 Å². The monoisotopic (exact) mass is 298 g/mol. The van der Waals surface area contributed by atoms with Gasteiger partial charge < -0.3 is 14.4 Å². The van der Waals surface area contributed by atoms with Gasteiger partial charge in [-0.15, -0.1) is 10.2 Å². The van der Waals surface area contributed by atoms with Gasteiger partial charge in [0.2, 0.25) is 11.7 Å². The van der Waals surface area contributed by atoms with E-state index in [1.807, 2.05) is 4.90 Å². The van der Waals surface area contributed by atoms with Gasteiger partial charge in [0.1, 0.15) is 6.10 Å². The lowest BCUT2D eigenvalue weighted by atomic mass is 10.2. The molecule has 0 bridgehead atoms. The molecule has 0 radical (unpaired) electrons. The number of tetrazole rings is 1. The number of likely N-dealkylation sites (N-methyl/N-ethyl adjacent to an activating group) is 1. The molecular weight excluding hydrogens is 276 g/mol. The third kappa shape index (κ3) is 4.45. The molecular formula is C12H22N6O3.